The van der Waals surface area contributed by atoms with E-state index in [4.69, 9.17) is 0 Å². The second-order valence-electron chi connectivity index (χ2n) is 3.99. The highest BCUT2D eigenvalue weighted by atomic mass is 16.3. The molecule has 0 aromatic carbocycles. The molecule has 12 heavy (non-hydrogen) atoms. The zero-order valence-corrected chi connectivity index (χ0v) is 7.76. The van der Waals surface area contributed by atoms with Crippen molar-refractivity contribution in [1.82, 2.24) is 5.32 Å². The minimum Gasteiger partial charge on any atom is -0.380 e. The van der Waals surface area contributed by atoms with Gasteiger partial charge in [0.2, 0.25) is 0 Å². The summed E-state index contributed by atoms with van der Waals surface area (Å²) in [6.07, 6.45) is 2.21. The first-order valence-corrected chi connectivity index (χ1v) is 4.55. The Hall–Kier alpha value is -0.570. The summed E-state index contributed by atoms with van der Waals surface area (Å²) in [4.78, 5) is 11.3. The number of rotatable bonds is 3. The molecule has 0 aliphatic heterocycles. The fourth-order valence-electron chi connectivity index (χ4n) is 1.20. The largest absolute Gasteiger partial charge is 0.380 e. The number of hydrogen-bond donors (Lipinski definition) is 2. The lowest BCUT2D eigenvalue weighted by Crippen LogP contribution is -2.52. The van der Waals surface area contributed by atoms with Gasteiger partial charge in [-0.1, -0.05) is 13.8 Å². The molecule has 1 rings (SSSR count). The summed E-state index contributed by atoms with van der Waals surface area (Å²) in [5.41, 5.74) is -1.03. The monoisotopic (exact) mass is 171 g/mol. The molecular weight excluding hydrogens is 154 g/mol. The third-order valence-corrected chi connectivity index (χ3v) is 2.27. The Balaban J connectivity index is 2.28. The van der Waals surface area contributed by atoms with Gasteiger partial charge in [-0.05, 0) is 25.2 Å². The van der Waals surface area contributed by atoms with Crippen LogP contribution in [-0.2, 0) is 4.79 Å². The van der Waals surface area contributed by atoms with Crippen LogP contribution in [0.5, 0.6) is 0 Å². The molecule has 0 aromatic heterocycles. The SMILES string of the molecule is CC(C)CNC(=O)C1(O)CCC1. The highest BCUT2D eigenvalue weighted by molar-refractivity contribution is 5.85. The van der Waals surface area contributed by atoms with Crippen molar-refractivity contribution in [2.75, 3.05) is 6.54 Å². The van der Waals surface area contributed by atoms with Gasteiger partial charge in [0.25, 0.3) is 5.91 Å². The molecule has 3 heteroatoms. The Bertz CT molecular complexity index is 173. The van der Waals surface area contributed by atoms with Crippen LogP contribution in [0, 0.1) is 5.92 Å². The van der Waals surface area contributed by atoms with E-state index in [9.17, 15) is 9.90 Å². The molecule has 1 fully saturated rings. The molecule has 0 spiro atoms. The molecule has 0 aromatic rings. The molecule has 1 aliphatic rings. The van der Waals surface area contributed by atoms with Gasteiger partial charge in [0, 0.05) is 6.54 Å². The third-order valence-electron chi connectivity index (χ3n) is 2.27. The van der Waals surface area contributed by atoms with E-state index in [1.807, 2.05) is 13.8 Å². The summed E-state index contributed by atoms with van der Waals surface area (Å²) in [6.45, 7) is 4.72. The molecule has 0 saturated heterocycles. The summed E-state index contributed by atoms with van der Waals surface area (Å²) < 4.78 is 0. The first-order valence-electron chi connectivity index (χ1n) is 4.55. The van der Waals surface area contributed by atoms with Crippen LogP contribution in [0.25, 0.3) is 0 Å². The molecule has 1 aliphatic carbocycles. The van der Waals surface area contributed by atoms with Gasteiger partial charge in [-0.15, -0.1) is 0 Å². The molecule has 1 amide bonds. The van der Waals surface area contributed by atoms with Crippen LogP contribution in [0.1, 0.15) is 33.1 Å². The number of nitrogens with one attached hydrogen (secondary N) is 1. The summed E-state index contributed by atoms with van der Waals surface area (Å²) in [6, 6.07) is 0. The maximum Gasteiger partial charge on any atom is 0.251 e. The quantitative estimate of drug-likeness (QED) is 0.656. The molecular formula is C9H17NO2. The van der Waals surface area contributed by atoms with E-state index in [1.165, 1.54) is 0 Å². The number of hydrogen-bond acceptors (Lipinski definition) is 2. The Labute approximate surface area is 73.2 Å². The van der Waals surface area contributed by atoms with Gasteiger partial charge in [-0.25, -0.2) is 0 Å². The van der Waals surface area contributed by atoms with Crippen molar-refractivity contribution >= 4 is 5.91 Å². The van der Waals surface area contributed by atoms with E-state index in [2.05, 4.69) is 5.32 Å². The number of amides is 1. The van der Waals surface area contributed by atoms with Crippen molar-refractivity contribution in [3.05, 3.63) is 0 Å². The maximum atomic E-state index is 11.3. The van der Waals surface area contributed by atoms with Crippen LogP contribution in [-0.4, -0.2) is 23.2 Å². The summed E-state index contributed by atoms with van der Waals surface area (Å²) in [7, 11) is 0. The molecule has 2 N–H and O–H groups in total. The van der Waals surface area contributed by atoms with Crippen molar-refractivity contribution in [3.8, 4) is 0 Å². The highest BCUT2D eigenvalue weighted by Gasteiger charge is 2.41. The van der Waals surface area contributed by atoms with Gasteiger partial charge >= 0.3 is 0 Å². The fraction of sp³-hybridized carbons (Fsp3) is 0.889. The summed E-state index contributed by atoms with van der Waals surface area (Å²) >= 11 is 0. The predicted octanol–water partition coefficient (Wildman–Crippen LogP) is 0.674. The number of carbonyl (C=O) groups is 1. The number of carbonyl (C=O) groups excluding carboxylic acids is 1. The van der Waals surface area contributed by atoms with Crippen LogP contribution in [0.15, 0.2) is 0 Å². The Kier molecular flexibility index (Phi) is 2.73. The normalized spacial score (nSPS) is 20.3. The average molecular weight is 171 g/mol. The minimum absolute atomic E-state index is 0.192. The molecule has 0 unspecified atom stereocenters. The Morgan fingerprint density at radius 1 is 1.58 bits per heavy atom. The van der Waals surface area contributed by atoms with Gasteiger partial charge in [-0.3, -0.25) is 4.79 Å². The number of aliphatic hydroxyl groups is 1. The lowest BCUT2D eigenvalue weighted by Gasteiger charge is -2.34. The topological polar surface area (TPSA) is 49.3 Å². The van der Waals surface area contributed by atoms with E-state index in [1.54, 1.807) is 0 Å². The third kappa shape index (κ3) is 1.97. The lowest BCUT2D eigenvalue weighted by molar-refractivity contribution is -0.148. The Morgan fingerprint density at radius 2 is 2.17 bits per heavy atom. The first-order chi connectivity index (χ1) is 5.54. The van der Waals surface area contributed by atoms with Gasteiger partial charge in [0.15, 0.2) is 0 Å². The van der Waals surface area contributed by atoms with Crippen LogP contribution < -0.4 is 5.32 Å². The van der Waals surface area contributed by atoms with Crippen molar-refractivity contribution in [1.29, 1.82) is 0 Å². The first kappa shape index (κ1) is 9.52. The van der Waals surface area contributed by atoms with Crippen molar-refractivity contribution in [3.63, 3.8) is 0 Å². The van der Waals surface area contributed by atoms with Crippen molar-refractivity contribution in [2.24, 2.45) is 5.92 Å². The molecule has 1 saturated carbocycles. The predicted molar refractivity (Wildman–Crippen MR) is 46.6 cm³/mol. The lowest BCUT2D eigenvalue weighted by atomic mass is 9.79. The zero-order valence-electron chi connectivity index (χ0n) is 7.76. The van der Waals surface area contributed by atoms with E-state index in [0.717, 1.165) is 6.42 Å². The van der Waals surface area contributed by atoms with Gasteiger partial charge < -0.3 is 10.4 Å². The molecule has 0 heterocycles. The molecule has 0 bridgehead atoms. The molecule has 70 valence electrons. The summed E-state index contributed by atoms with van der Waals surface area (Å²) in [5.74, 6) is 0.250. The zero-order chi connectivity index (χ0) is 9.19. The van der Waals surface area contributed by atoms with E-state index < -0.39 is 5.60 Å². The van der Waals surface area contributed by atoms with E-state index >= 15 is 0 Å². The maximum absolute atomic E-state index is 11.3. The molecule has 3 nitrogen and oxygen atoms in total. The fourth-order valence-corrected chi connectivity index (χ4v) is 1.20. The minimum atomic E-state index is -1.03. The van der Waals surface area contributed by atoms with Crippen molar-refractivity contribution in [2.45, 2.75) is 38.7 Å². The molecule has 0 atom stereocenters. The van der Waals surface area contributed by atoms with Crippen LogP contribution >= 0.6 is 0 Å². The summed E-state index contributed by atoms with van der Waals surface area (Å²) in [5, 5.41) is 12.3. The van der Waals surface area contributed by atoms with E-state index in [0.29, 0.717) is 25.3 Å². The van der Waals surface area contributed by atoms with Crippen LogP contribution in [0.2, 0.25) is 0 Å². The second kappa shape index (κ2) is 3.44. The van der Waals surface area contributed by atoms with Crippen LogP contribution in [0.4, 0.5) is 0 Å². The van der Waals surface area contributed by atoms with Crippen LogP contribution in [0.3, 0.4) is 0 Å². The standard InChI is InChI=1S/C9H17NO2/c1-7(2)6-10-8(11)9(12)4-3-5-9/h7,12H,3-6H2,1-2H3,(H,10,11). The smallest absolute Gasteiger partial charge is 0.251 e. The van der Waals surface area contributed by atoms with Gasteiger partial charge in [0.1, 0.15) is 5.60 Å². The second-order valence-corrected chi connectivity index (χ2v) is 3.99. The van der Waals surface area contributed by atoms with Gasteiger partial charge in [0.05, 0.1) is 0 Å². The van der Waals surface area contributed by atoms with Crippen molar-refractivity contribution < 1.29 is 9.90 Å². The molecule has 0 radical (unpaired) electrons. The van der Waals surface area contributed by atoms with Gasteiger partial charge in [-0.2, -0.15) is 0 Å². The van der Waals surface area contributed by atoms with E-state index in [-0.39, 0.29) is 5.91 Å². The average Bonchev–Trinajstić information content (AvgIpc) is 1.95. The highest BCUT2D eigenvalue weighted by Crippen LogP contribution is 2.31. The Morgan fingerprint density at radius 3 is 2.50 bits per heavy atom.